The number of nitrogen functional groups attached to an aromatic ring is 1. The number of hydrogen-bond acceptors (Lipinski definition) is 4. The molecule has 4 rings (SSSR count). The predicted octanol–water partition coefficient (Wildman–Crippen LogP) is 6.25. The predicted molar refractivity (Wildman–Crippen MR) is 121 cm³/mol. The molecule has 0 radical (unpaired) electrons. The molecule has 32 heavy (non-hydrogen) atoms. The van der Waals surface area contributed by atoms with Gasteiger partial charge in [0.2, 0.25) is 0 Å². The summed E-state index contributed by atoms with van der Waals surface area (Å²) in [5.74, 6) is 0.646. The second-order valence-electron chi connectivity index (χ2n) is 8.20. The van der Waals surface area contributed by atoms with Crippen molar-refractivity contribution >= 4 is 28.4 Å². The molecular formula is C24H27F2N3O3. The molecule has 0 saturated heterocycles. The van der Waals surface area contributed by atoms with E-state index in [0.717, 1.165) is 48.0 Å². The Kier molecular flexibility index (Phi) is 6.21. The molecule has 1 amide bonds. The van der Waals surface area contributed by atoms with E-state index in [1.54, 1.807) is 24.3 Å². The molecule has 6 nitrogen and oxygen atoms in total. The van der Waals surface area contributed by atoms with Crippen molar-refractivity contribution in [1.29, 1.82) is 0 Å². The molecule has 3 N–H and O–H groups in total. The first-order chi connectivity index (χ1) is 15.4. The SMILES string of the molecule is CCC(C)OC(=O)Nc1ccc(-c2c(N)c3ccc(OC(F)F)cc3n2CC2CC2)cc1. The molecule has 1 atom stereocenters. The fraction of sp³-hybridized carbons (Fsp3) is 0.375. The number of alkyl halides is 2. The smallest absolute Gasteiger partial charge is 0.411 e. The van der Waals surface area contributed by atoms with Crippen LogP contribution in [0.5, 0.6) is 5.75 Å². The van der Waals surface area contributed by atoms with Gasteiger partial charge in [-0.2, -0.15) is 8.78 Å². The lowest BCUT2D eigenvalue weighted by Gasteiger charge is -2.14. The molecule has 0 bridgehead atoms. The van der Waals surface area contributed by atoms with Crippen LogP contribution in [0.25, 0.3) is 22.2 Å². The molecule has 1 heterocycles. The fourth-order valence-corrected chi connectivity index (χ4v) is 3.72. The number of nitrogens with two attached hydrogens (primary N) is 1. The van der Waals surface area contributed by atoms with E-state index in [-0.39, 0.29) is 11.9 Å². The Morgan fingerprint density at radius 3 is 2.56 bits per heavy atom. The highest BCUT2D eigenvalue weighted by molar-refractivity contribution is 6.01. The van der Waals surface area contributed by atoms with Gasteiger partial charge in [0.15, 0.2) is 0 Å². The van der Waals surface area contributed by atoms with Crippen LogP contribution >= 0.6 is 0 Å². The van der Waals surface area contributed by atoms with Crippen LogP contribution in [0.3, 0.4) is 0 Å². The minimum Gasteiger partial charge on any atom is -0.446 e. The third-order valence-corrected chi connectivity index (χ3v) is 5.73. The molecule has 1 aliphatic rings. The van der Waals surface area contributed by atoms with Crippen LogP contribution < -0.4 is 15.8 Å². The Labute approximate surface area is 185 Å². The summed E-state index contributed by atoms with van der Waals surface area (Å²) >= 11 is 0. The Balaban J connectivity index is 1.66. The molecule has 2 aromatic carbocycles. The van der Waals surface area contributed by atoms with Crippen molar-refractivity contribution in [2.45, 2.75) is 52.4 Å². The second-order valence-corrected chi connectivity index (χ2v) is 8.20. The number of benzene rings is 2. The van der Waals surface area contributed by atoms with E-state index in [0.29, 0.717) is 17.3 Å². The largest absolute Gasteiger partial charge is 0.446 e. The zero-order valence-corrected chi connectivity index (χ0v) is 18.1. The first kappa shape index (κ1) is 21.9. The van der Waals surface area contributed by atoms with E-state index in [2.05, 4.69) is 14.6 Å². The first-order valence-electron chi connectivity index (χ1n) is 10.8. The summed E-state index contributed by atoms with van der Waals surface area (Å²) in [6, 6.07) is 12.2. The maximum Gasteiger partial charge on any atom is 0.411 e. The van der Waals surface area contributed by atoms with Gasteiger partial charge in [-0.1, -0.05) is 19.1 Å². The highest BCUT2D eigenvalue weighted by Crippen LogP contribution is 2.41. The maximum absolute atomic E-state index is 12.7. The van der Waals surface area contributed by atoms with Crippen LogP contribution in [0, 0.1) is 5.92 Å². The Hall–Kier alpha value is -3.29. The number of aromatic nitrogens is 1. The lowest BCUT2D eigenvalue weighted by molar-refractivity contribution is -0.0497. The fourth-order valence-electron chi connectivity index (χ4n) is 3.72. The van der Waals surface area contributed by atoms with Gasteiger partial charge in [-0.3, -0.25) is 5.32 Å². The van der Waals surface area contributed by atoms with E-state index in [4.69, 9.17) is 10.5 Å². The van der Waals surface area contributed by atoms with Gasteiger partial charge in [0.05, 0.1) is 16.9 Å². The molecule has 1 unspecified atom stereocenters. The summed E-state index contributed by atoms with van der Waals surface area (Å²) in [6.07, 6.45) is 2.34. The lowest BCUT2D eigenvalue weighted by Crippen LogP contribution is -2.19. The van der Waals surface area contributed by atoms with Crippen LogP contribution in [-0.2, 0) is 11.3 Å². The van der Waals surface area contributed by atoms with Crippen molar-refractivity contribution in [2.75, 3.05) is 11.1 Å². The van der Waals surface area contributed by atoms with Gasteiger partial charge in [0.25, 0.3) is 0 Å². The number of amides is 1. The second kappa shape index (κ2) is 9.06. The number of nitrogens with zero attached hydrogens (tertiary/aromatic N) is 1. The third kappa shape index (κ3) is 4.79. The summed E-state index contributed by atoms with van der Waals surface area (Å²) < 4.78 is 37.4. The zero-order chi connectivity index (χ0) is 22.8. The van der Waals surface area contributed by atoms with Gasteiger partial charge in [0.1, 0.15) is 11.9 Å². The molecule has 1 saturated carbocycles. The van der Waals surface area contributed by atoms with Crippen molar-refractivity contribution in [1.82, 2.24) is 4.57 Å². The van der Waals surface area contributed by atoms with Crippen molar-refractivity contribution in [3.8, 4) is 17.0 Å². The topological polar surface area (TPSA) is 78.5 Å². The number of carbonyl (C=O) groups excluding carboxylic acids is 1. The van der Waals surface area contributed by atoms with Crippen molar-refractivity contribution in [3.63, 3.8) is 0 Å². The zero-order valence-electron chi connectivity index (χ0n) is 18.1. The van der Waals surface area contributed by atoms with Gasteiger partial charge < -0.3 is 19.8 Å². The van der Waals surface area contributed by atoms with E-state index in [1.165, 1.54) is 6.07 Å². The lowest BCUT2D eigenvalue weighted by atomic mass is 10.1. The normalized spacial score (nSPS) is 14.5. The molecule has 3 aromatic rings. The van der Waals surface area contributed by atoms with Crippen molar-refractivity contribution in [2.24, 2.45) is 5.92 Å². The number of carbonyl (C=O) groups is 1. The van der Waals surface area contributed by atoms with E-state index < -0.39 is 12.7 Å². The molecule has 1 fully saturated rings. The van der Waals surface area contributed by atoms with Crippen LogP contribution in [0.2, 0.25) is 0 Å². The standard InChI is InChI=1S/C24H27F2N3O3/c1-3-14(2)31-24(30)28-17-8-6-16(7-9-17)22-21(27)19-11-10-18(32-23(25)26)12-20(19)29(22)13-15-4-5-15/h6-12,14-15,23H,3-5,13,27H2,1-2H3,(H,28,30). The molecule has 1 aliphatic carbocycles. The molecule has 170 valence electrons. The van der Waals surface area contributed by atoms with Crippen molar-refractivity contribution in [3.05, 3.63) is 42.5 Å². The summed E-state index contributed by atoms with van der Waals surface area (Å²) in [6.45, 7) is 1.65. The Bertz CT molecular complexity index is 1110. The van der Waals surface area contributed by atoms with Crippen LogP contribution in [0.15, 0.2) is 42.5 Å². The first-order valence-corrected chi connectivity index (χ1v) is 10.8. The molecule has 1 aromatic heterocycles. The summed E-state index contributed by atoms with van der Waals surface area (Å²) in [5, 5.41) is 3.52. The minimum atomic E-state index is -2.89. The maximum atomic E-state index is 12.7. The van der Waals surface area contributed by atoms with Gasteiger partial charge in [-0.15, -0.1) is 0 Å². The molecule has 0 spiro atoms. The number of hydrogen-bond donors (Lipinski definition) is 2. The average molecular weight is 443 g/mol. The number of rotatable bonds is 8. The Morgan fingerprint density at radius 1 is 1.22 bits per heavy atom. The van der Waals surface area contributed by atoms with Crippen molar-refractivity contribution < 1.29 is 23.0 Å². The van der Waals surface area contributed by atoms with E-state index in [1.807, 2.05) is 26.0 Å². The third-order valence-electron chi connectivity index (χ3n) is 5.73. The average Bonchev–Trinajstić information content (AvgIpc) is 3.53. The van der Waals surface area contributed by atoms with Crippen LogP contribution in [0.4, 0.5) is 25.0 Å². The Morgan fingerprint density at radius 2 is 1.94 bits per heavy atom. The number of halogens is 2. The summed E-state index contributed by atoms with van der Waals surface area (Å²) in [4.78, 5) is 12.0. The monoisotopic (exact) mass is 443 g/mol. The van der Waals surface area contributed by atoms with Crippen LogP contribution in [0.1, 0.15) is 33.1 Å². The van der Waals surface area contributed by atoms with Gasteiger partial charge >= 0.3 is 12.7 Å². The highest BCUT2D eigenvalue weighted by Gasteiger charge is 2.26. The van der Waals surface area contributed by atoms with Gasteiger partial charge in [-0.25, -0.2) is 4.79 Å². The van der Waals surface area contributed by atoms with Gasteiger partial charge in [-0.05, 0) is 56.4 Å². The highest BCUT2D eigenvalue weighted by atomic mass is 19.3. The molecule has 0 aliphatic heterocycles. The van der Waals surface area contributed by atoms with E-state index in [9.17, 15) is 13.6 Å². The summed E-state index contributed by atoms with van der Waals surface area (Å²) in [5.41, 5.74) is 10.2. The summed E-state index contributed by atoms with van der Waals surface area (Å²) in [7, 11) is 0. The minimum absolute atomic E-state index is 0.105. The van der Waals surface area contributed by atoms with Crippen LogP contribution in [-0.4, -0.2) is 23.4 Å². The number of fused-ring (bicyclic) bond motifs is 1. The number of ether oxygens (including phenoxy) is 2. The quantitative estimate of drug-likeness (QED) is 0.431. The number of anilines is 2. The van der Waals surface area contributed by atoms with E-state index >= 15 is 0 Å². The molecular weight excluding hydrogens is 416 g/mol. The van der Waals surface area contributed by atoms with Gasteiger partial charge in [0, 0.05) is 29.2 Å². The molecule has 8 heteroatoms. The number of nitrogens with one attached hydrogen (secondary N) is 1.